The second-order valence-electron chi connectivity index (χ2n) is 3.92. The molecule has 2 aromatic rings. The molecule has 0 spiro atoms. The quantitative estimate of drug-likeness (QED) is 0.759. The summed E-state index contributed by atoms with van der Waals surface area (Å²) in [5, 5.41) is 0. The van der Waals surface area contributed by atoms with Crippen LogP contribution >= 0.6 is 0 Å². The first-order valence-electron chi connectivity index (χ1n) is 6.36. The molecule has 4 heteroatoms. The molecule has 0 fully saturated rings. The van der Waals surface area contributed by atoms with Gasteiger partial charge < -0.3 is 11.5 Å². The zero-order valence-corrected chi connectivity index (χ0v) is 12.4. The van der Waals surface area contributed by atoms with Gasteiger partial charge in [-0.2, -0.15) is 0 Å². The van der Waals surface area contributed by atoms with Crippen molar-refractivity contribution in [2.45, 2.75) is 34.6 Å². The van der Waals surface area contributed by atoms with Crippen LogP contribution in [0.3, 0.4) is 0 Å². The molecular formula is C15H28N4. The standard InChI is InChI=1S/C7H10N2.C6H8N2.C2H6.2H2/c1-5-3-7(8)4-6(2)9-5;1-5-4-8-3-2-6(5)7;1-2;;/h3-4H,1-2H3,(H2,8,9);2-4H,1H3,(H2,7,8);1-2H3;2*1H. The number of anilines is 2. The summed E-state index contributed by atoms with van der Waals surface area (Å²) in [6, 6.07) is 5.50. The fourth-order valence-electron chi connectivity index (χ4n) is 1.35. The molecule has 4 nitrogen and oxygen atoms in total. The topological polar surface area (TPSA) is 77.8 Å². The summed E-state index contributed by atoms with van der Waals surface area (Å²) >= 11 is 0. The van der Waals surface area contributed by atoms with Gasteiger partial charge in [0.1, 0.15) is 0 Å². The zero-order valence-electron chi connectivity index (χ0n) is 12.4. The van der Waals surface area contributed by atoms with Gasteiger partial charge in [-0.1, -0.05) is 13.8 Å². The lowest BCUT2D eigenvalue weighted by molar-refractivity contribution is 1.13. The molecule has 0 radical (unpaired) electrons. The molecule has 0 saturated carbocycles. The number of nitrogens with zero attached hydrogens (tertiary/aromatic N) is 2. The third kappa shape index (κ3) is 7.03. The van der Waals surface area contributed by atoms with Crippen LogP contribution in [0.5, 0.6) is 0 Å². The van der Waals surface area contributed by atoms with E-state index in [9.17, 15) is 0 Å². The number of aryl methyl sites for hydroxylation is 3. The Kier molecular flexibility index (Phi) is 7.93. The van der Waals surface area contributed by atoms with Crippen molar-refractivity contribution >= 4 is 11.4 Å². The Hall–Kier alpha value is -2.10. The van der Waals surface area contributed by atoms with Crippen LogP contribution < -0.4 is 11.5 Å². The molecule has 2 aromatic heterocycles. The van der Waals surface area contributed by atoms with Crippen LogP contribution in [-0.4, -0.2) is 9.97 Å². The van der Waals surface area contributed by atoms with E-state index in [1.165, 1.54) is 0 Å². The highest BCUT2D eigenvalue weighted by atomic mass is 14.7. The smallest absolute Gasteiger partial charge is 0.0396 e. The van der Waals surface area contributed by atoms with E-state index < -0.39 is 0 Å². The number of hydrogen-bond acceptors (Lipinski definition) is 4. The summed E-state index contributed by atoms with van der Waals surface area (Å²) in [5.41, 5.74) is 15.6. The molecule has 0 saturated heterocycles. The molecule has 0 aliphatic rings. The van der Waals surface area contributed by atoms with Crippen LogP contribution in [0.25, 0.3) is 0 Å². The molecule has 2 rings (SSSR count). The van der Waals surface area contributed by atoms with Crippen molar-refractivity contribution in [1.29, 1.82) is 0 Å². The number of hydrogen-bond donors (Lipinski definition) is 2. The Balaban J connectivity index is -0.000000255. The minimum atomic E-state index is 0. The molecule has 0 atom stereocenters. The number of rotatable bonds is 0. The summed E-state index contributed by atoms with van der Waals surface area (Å²) in [4.78, 5) is 8.02. The molecule has 4 N–H and O–H groups in total. The Bertz CT molecular complexity index is 433. The maximum atomic E-state index is 5.52. The maximum absolute atomic E-state index is 5.52. The molecule has 0 aromatic carbocycles. The number of nitrogens with two attached hydrogens (primary N) is 2. The van der Waals surface area contributed by atoms with E-state index in [-0.39, 0.29) is 2.85 Å². The molecule has 19 heavy (non-hydrogen) atoms. The van der Waals surface area contributed by atoms with Crippen LogP contribution in [0.4, 0.5) is 11.4 Å². The predicted molar refractivity (Wildman–Crippen MR) is 87.1 cm³/mol. The highest BCUT2D eigenvalue weighted by molar-refractivity contribution is 5.42. The molecule has 0 aliphatic carbocycles. The van der Waals surface area contributed by atoms with Crippen molar-refractivity contribution in [3.8, 4) is 0 Å². The lowest BCUT2D eigenvalue weighted by Crippen LogP contribution is -1.90. The van der Waals surface area contributed by atoms with Crippen molar-refractivity contribution in [3.63, 3.8) is 0 Å². The van der Waals surface area contributed by atoms with Crippen LogP contribution in [-0.2, 0) is 0 Å². The van der Waals surface area contributed by atoms with E-state index in [1.54, 1.807) is 18.5 Å². The van der Waals surface area contributed by atoms with Gasteiger partial charge >= 0.3 is 0 Å². The van der Waals surface area contributed by atoms with Gasteiger partial charge in [-0.15, -0.1) is 0 Å². The van der Waals surface area contributed by atoms with Crippen molar-refractivity contribution in [2.24, 2.45) is 0 Å². The average molecular weight is 264 g/mol. The number of aromatic nitrogens is 2. The SMILES string of the molecule is CC.Cc1cc(N)cc(C)n1.Cc1cnccc1N.[HH].[HH]. The van der Waals surface area contributed by atoms with Crippen molar-refractivity contribution in [3.05, 3.63) is 47.5 Å². The van der Waals surface area contributed by atoms with Gasteiger partial charge in [-0.05, 0) is 44.5 Å². The van der Waals surface area contributed by atoms with Crippen LogP contribution in [0.2, 0.25) is 0 Å². The zero-order chi connectivity index (χ0) is 14.8. The summed E-state index contributed by atoms with van der Waals surface area (Å²) in [7, 11) is 0. The lowest BCUT2D eigenvalue weighted by atomic mass is 10.3. The van der Waals surface area contributed by atoms with Crippen molar-refractivity contribution < 1.29 is 2.85 Å². The molecular weight excluding hydrogens is 236 g/mol. The fraction of sp³-hybridized carbons (Fsp3) is 0.333. The van der Waals surface area contributed by atoms with Crippen molar-refractivity contribution in [2.75, 3.05) is 11.5 Å². The number of nitrogen functional groups attached to an aromatic ring is 2. The Labute approximate surface area is 118 Å². The normalized spacial score (nSPS) is 8.68. The largest absolute Gasteiger partial charge is 0.399 e. The highest BCUT2D eigenvalue weighted by Crippen LogP contribution is 2.05. The third-order valence-corrected chi connectivity index (χ3v) is 2.17. The molecule has 2 heterocycles. The first-order chi connectivity index (χ1) is 8.99. The Morgan fingerprint density at radius 3 is 1.84 bits per heavy atom. The second kappa shape index (κ2) is 8.91. The van der Waals surface area contributed by atoms with E-state index in [0.29, 0.717) is 0 Å². The molecule has 0 bridgehead atoms. The fourth-order valence-corrected chi connectivity index (χ4v) is 1.35. The van der Waals surface area contributed by atoms with E-state index in [0.717, 1.165) is 28.3 Å². The van der Waals surface area contributed by atoms with Crippen LogP contribution in [0.1, 0.15) is 33.7 Å². The summed E-state index contributed by atoms with van der Waals surface area (Å²) in [6.07, 6.45) is 3.43. The van der Waals surface area contributed by atoms with Gasteiger partial charge in [-0.3, -0.25) is 9.97 Å². The predicted octanol–water partition coefficient (Wildman–Crippen LogP) is 3.77. The monoisotopic (exact) mass is 264 g/mol. The minimum Gasteiger partial charge on any atom is -0.399 e. The summed E-state index contributed by atoms with van der Waals surface area (Å²) < 4.78 is 0. The van der Waals surface area contributed by atoms with E-state index >= 15 is 0 Å². The van der Waals surface area contributed by atoms with Gasteiger partial charge in [-0.25, -0.2) is 0 Å². The summed E-state index contributed by atoms with van der Waals surface area (Å²) in [6.45, 7) is 9.80. The highest BCUT2D eigenvalue weighted by Gasteiger charge is 1.89. The Morgan fingerprint density at radius 2 is 1.53 bits per heavy atom. The third-order valence-electron chi connectivity index (χ3n) is 2.17. The lowest BCUT2D eigenvalue weighted by Gasteiger charge is -1.96. The number of pyridine rings is 2. The molecule has 0 unspecified atom stereocenters. The first kappa shape index (κ1) is 16.9. The van der Waals surface area contributed by atoms with E-state index in [1.807, 2.05) is 46.8 Å². The van der Waals surface area contributed by atoms with Gasteiger partial charge in [0.05, 0.1) is 0 Å². The van der Waals surface area contributed by atoms with Crippen molar-refractivity contribution in [1.82, 2.24) is 9.97 Å². The van der Waals surface area contributed by atoms with Gasteiger partial charge in [0.2, 0.25) is 0 Å². The van der Waals surface area contributed by atoms with Gasteiger partial charge in [0, 0.05) is 38.0 Å². The maximum Gasteiger partial charge on any atom is 0.0396 e. The van der Waals surface area contributed by atoms with Gasteiger partial charge in [0.15, 0.2) is 0 Å². The first-order valence-corrected chi connectivity index (χ1v) is 6.36. The second-order valence-corrected chi connectivity index (χ2v) is 3.92. The molecule has 0 aliphatic heterocycles. The van der Waals surface area contributed by atoms with Crippen LogP contribution in [0.15, 0.2) is 30.6 Å². The van der Waals surface area contributed by atoms with Crippen LogP contribution in [0, 0.1) is 20.8 Å². The molecule has 108 valence electrons. The van der Waals surface area contributed by atoms with Gasteiger partial charge in [0.25, 0.3) is 0 Å². The Morgan fingerprint density at radius 1 is 1.00 bits per heavy atom. The van der Waals surface area contributed by atoms with E-state index in [4.69, 9.17) is 11.5 Å². The van der Waals surface area contributed by atoms with E-state index in [2.05, 4.69) is 9.97 Å². The average Bonchev–Trinajstić information content (AvgIpc) is 2.34. The molecule has 0 amide bonds. The summed E-state index contributed by atoms with van der Waals surface area (Å²) in [5.74, 6) is 0. The minimum absolute atomic E-state index is 0.